The summed E-state index contributed by atoms with van der Waals surface area (Å²) in [7, 11) is 0.162. The van der Waals surface area contributed by atoms with E-state index in [2.05, 4.69) is 9.97 Å². The van der Waals surface area contributed by atoms with Crippen LogP contribution >= 0.6 is 0 Å². The maximum atomic E-state index is 12.0. The van der Waals surface area contributed by atoms with Crippen LogP contribution in [0, 0.1) is 10.1 Å². The summed E-state index contributed by atoms with van der Waals surface area (Å²) in [5.74, 6) is 0.371. The normalized spacial score (nSPS) is 12.3. The fourth-order valence-electron chi connectivity index (χ4n) is 1.41. The molecule has 0 saturated heterocycles. The lowest BCUT2D eigenvalue weighted by Crippen LogP contribution is -2.06. The van der Waals surface area contributed by atoms with Gasteiger partial charge >= 0.3 is 5.82 Å². The number of hydrogen-bond donors (Lipinski definition) is 0. The Kier molecular flexibility index (Phi) is 3.47. The van der Waals surface area contributed by atoms with E-state index in [0.717, 1.165) is 6.20 Å². The van der Waals surface area contributed by atoms with Gasteiger partial charge in [0.15, 0.2) is 0 Å². The lowest BCUT2D eigenvalue weighted by atomic mass is 10.5. The molecular weight excluding hydrogens is 256 g/mol. The van der Waals surface area contributed by atoms with Crippen LogP contribution in [0.15, 0.2) is 35.6 Å². The largest absolute Gasteiger partial charge is 0.358 e. The highest BCUT2D eigenvalue weighted by Gasteiger charge is 2.19. The summed E-state index contributed by atoms with van der Waals surface area (Å²) in [6.45, 7) is 0. The summed E-state index contributed by atoms with van der Waals surface area (Å²) in [4.78, 5) is 18.0. The van der Waals surface area contributed by atoms with Crippen molar-refractivity contribution < 1.29 is 9.13 Å². The monoisotopic (exact) mass is 266 g/mol. The van der Waals surface area contributed by atoms with Crippen LogP contribution in [0.25, 0.3) is 0 Å². The summed E-state index contributed by atoms with van der Waals surface area (Å²) in [6, 6.07) is 5.11. The van der Waals surface area contributed by atoms with Gasteiger partial charge in [0, 0.05) is 6.20 Å². The van der Waals surface area contributed by atoms with Crippen molar-refractivity contribution in [2.24, 2.45) is 7.05 Å². The van der Waals surface area contributed by atoms with Gasteiger partial charge in [-0.15, -0.1) is 0 Å². The zero-order chi connectivity index (χ0) is 13.1. The van der Waals surface area contributed by atoms with Gasteiger partial charge < -0.3 is 10.1 Å². The first-order valence-electron chi connectivity index (χ1n) is 5.04. The average Bonchev–Trinajstić information content (AvgIpc) is 2.72. The molecule has 7 nitrogen and oxygen atoms in total. The Morgan fingerprint density at radius 2 is 2.22 bits per heavy atom. The molecule has 94 valence electrons. The van der Waals surface area contributed by atoms with E-state index in [0.29, 0.717) is 10.9 Å². The minimum absolute atomic E-state index is 0.0986. The van der Waals surface area contributed by atoms with Crippen LogP contribution < -0.4 is 0 Å². The second-order valence-corrected chi connectivity index (χ2v) is 4.90. The van der Waals surface area contributed by atoms with Gasteiger partial charge in [-0.05, 0) is 17.1 Å². The Bertz CT molecular complexity index is 596. The number of pyridine rings is 1. The summed E-state index contributed by atoms with van der Waals surface area (Å²) in [6.07, 6.45) is 2.71. The molecule has 0 amide bonds. The molecular formula is C10H10N4O3S. The van der Waals surface area contributed by atoms with Gasteiger partial charge in [0.25, 0.3) is 0 Å². The Balaban J connectivity index is 2.20. The lowest BCUT2D eigenvalue weighted by Gasteiger charge is -1.99. The summed E-state index contributed by atoms with van der Waals surface area (Å²) in [5, 5.41) is 11.1. The predicted molar refractivity (Wildman–Crippen MR) is 64.2 cm³/mol. The Morgan fingerprint density at radius 1 is 1.44 bits per heavy atom. The molecule has 2 rings (SSSR count). The van der Waals surface area contributed by atoms with Crippen LogP contribution in [-0.4, -0.2) is 23.7 Å². The molecule has 0 aromatic carbocycles. The summed E-state index contributed by atoms with van der Waals surface area (Å²) in [5.41, 5.74) is 0. The van der Waals surface area contributed by atoms with E-state index in [4.69, 9.17) is 0 Å². The van der Waals surface area contributed by atoms with E-state index in [-0.39, 0.29) is 11.6 Å². The van der Waals surface area contributed by atoms with E-state index in [1.54, 1.807) is 24.4 Å². The van der Waals surface area contributed by atoms with Crippen molar-refractivity contribution in [3.63, 3.8) is 0 Å². The highest BCUT2D eigenvalue weighted by molar-refractivity contribution is 7.84. The number of imidazole rings is 1. The minimum Gasteiger partial charge on any atom is -0.358 e. The molecule has 0 N–H and O–H groups in total. The molecule has 0 saturated carbocycles. The van der Waals surface area contributed by atoms with Crippen LogP contribution in [-0.2, 0) is 23.6 Å². The molecule has 0 aliphatic heterocycles. The molecule has 1 atom stereocenters. The molecule has 2 aromatic rings. The summed E-state index contributed by atoms with van der Waals surface area (Å²) >= 11 is 0. The van der Waals surface area contributed by atoms with Gasteiger partial charge in [0.1, 0.15) is 17.0 Å². The predicted octanol–water partition coefficient (Wildman–Crippen LogP) is 1.03. The molecule has 1 unspecified atom stereocenters. The van der Waals surface area contributed by atoms with E-state index >= 15 is 0 Å². The van der Waals surface area contributed by atoms with Gasteiger partial charge in [0.2, 0.25) is 5.82 Å². The SMILES string of the molecule is Cn1c([N+](=O)[O-])cnc1CS(=O)c1ccccn1. The van der Waals surface area contributed by atoms with Crippen LogP contribution in [0.4, 0.5) is 5.82 Å². The average molecular weight is 266 g/mol. The molecule has 0 bridgehead atoms. The molecule has 18 heavy (non-hydrogen) atoms. The third-order valence-electron chi connectivity index (χ3n) is 2.38. The first kappa shape index (κ1) is 12.4. The van der Waals surface area contributed by atoms with Crippen molar-refractivity contribution in [3.05, 3.63) is 46.5 Å². The van der Waals surface area contributed by atoms with Gasteiger partial charge in [0.05, 0.1) is 17.8 Å². The number of aromatic nitrogens is 3. The first-order valence-corrected chi connectivity index (χ1v) is 6.36. The van der Waals surface area contributed by atoms with Gasteiger partial charge in [-0.25, -0.2) is 14.5 Å². The molecule has 0 radical (unpaired) electrons. The third kappa shape index (κ3) is 2.43. The standard InChI is InChI=1S/C10H10N4O3S/c1-13-8(12-6-10(13)14(15)16)7-18(17)9-4-2-3-5-11-9/h2-6H,7H2,1H3. The van der Waals surface area contributed by atoms with Crippen LogP contribution in [0.1, 0.15) is 5.82 Å². The third-order valence-corrected chi connectivity index (χ3v) is 3.61. The van der Waals surface area contributed by atoms with E-state index in [9.17, 15) is 14.3 Å². The summed E-state index contributed by atoms with van der Waals surface area (Å²) < 4.78 is 13.3. The van der Waals surface area contributed by atoms with Crippen LogP contribution in [0.2, 0.25) is 0 Å². The van der Waals surface area contributed by atoms with Crippen molar-refractivity contribution in [1.29, 1.82) is 0 Å². The maximum absolute atomic E-state index is 12.0. The zero-order valence-corrected chi connectivity index (χ0v) is 10.3. The first-order chi connectivity index (χ1) is 8.59. The quantitative estimate of drug-likeness (QED) is 0.609. The fraction of sp³-hybridized carbons (Fsp3) is 0.200. The Labute approximate surface area is 105 Å². The lowest BCUT2D eigenvalue weighted by molar-refractivity contribution is -0.391. The van der Waals surface area contributed by atoms with Crippen molar-refractivity contribution in [2.75, 3.05) is 0 Å². The Morgan fingerprint density at radius 3 is 2.78 bits per heavy atom. The van der Waals surface area contributed by atoms with Crippen molar-refractivity contribution in [3.8, 4) is 0 Å². The second kappa shape index (κ2) is 5.05. The highest BCUT2D eigenvalue weighted by Crippen LogP contribution is 2.14. The minimum atomic E-state index is -1.36. The molecule has 0 aliphatic carbocycles. The van der Waals surface area contributed by atoms with Crippen LogP contribution in [0.5, 0.6) is 0 Å². The van der Waals surface area contributed by atoms with Gasteiger partial charge in [-0.1, -0.05) is 6.07 Å². The van der Waals surface area contributed by atoms with Crippen molar-refractivity contribution in [1.82, 2.24) is 14.5 Å². The van der Waals surface area contributed by atoms with E-state index < -0.39 is 15.7 Å². The topological polar surface area (TPSA) is 90.9 Å². The molecule has 0 spiro atoms. The maximum Gasteiger partial charge on any atom is 0.342 e. The van der Waals surface area contributed by atoms with Crippen LogP contribution in [0.3, 0.4) is 0 Å². The molecule has 8 heteroatoms. The van der Waals surface area contributed by atoms with Crippen molar-refractivity contribution in [2.45, 2.75) is 10.8 Å². The van der Waals surface area contributed by atoms with Gasteiger partial charge in [-0.3, -0.25) is 4.21 Å². The zero-order valence-electron chi connectivity index (χ0n) is 9.52. The molecule has 2 heterocycles. The number of nitrogens with zero attached hydrogens (tertiary/aromatic N) is 4. The molecule has 0 fully saturated rings. The number of rotatable bonds is 4. The van der Waals surface area contributed by atoms with E-state index in [1.807, 2.05) is 0 Å². The fourth-order valence-corrected chi connectivity index (χ4v) is 2.47. The number of nitro groups is 1. The van der Waals surface area contributed by atoms with Crippen molar-refractivity contribution >= 4 is 16.6 Å². The second-order valence-electron chi connectivity index (χ2n) is 3.51. The number of hydrogen-bond acceptors (Lipinski definition) is 5. The van der Waals surface area contributed by atoms with Gasteiger partial charge in [-0.2, -0.15) is 0 Å². The highest BCUT2D eigenvalue weighted by atomic mass is 32.2. The molecule has 2 aromatic heterocycles. The molecule has 0 aliphatic rings. The Hall–Kier alpha value is -2.09. The van der Waals surface area contributed by atoms with E-state index in [1.165, 1.54) is 11.6 Å². The smallest absolute Gasteiger partial charge is 0.342 e.